The highest BCUT2D eigenvalue weighted by molar-refractivity contribution is 5.22. The lowest BCUT2D eigenvalue weighted by Gasteiger charge is -2.19. The van der Waals surface area contributed by atoms with Crippen LogP contribution in [-0.4, -0.2) is 29.5 Å². The topological polar surface area (TPSA) is 52.5 Å². The van der Waals surface area contributed by atoms with E-state index in [1.165, 1.54) is 0 Å². The fraction of sp³-hybridized carbons (Fsp3) is 0.500. The molecule has 102 valence electrons. The lowest BCUT2D eigenvalue weighted by atomic mass is 10.1. The van der Waals surface area contributed by atoms with Crippen LogP contribution in [0.15, 0.2) is 12.1 Å². The number of nitrogens with one attached hydrogen (secondary N) is 1. The molecule has 0 heterocycles. The van der Waals surface area contributed by atoms with Gasteiger partial charge in [-0.1, -0.05) is 6.92 Å². The number of hydrogen-bond acceptors (Lipinski definition) is 3. The van der Waals surface area contributed by atoms with Crippen molar-refractivity contribution in [2.75, 3.05) is 13.2 Å². The minimum Gasteiger partial charge on any atom is -0.394 e. The quantitative estimate of drug-likeness (QED) is 0.682. The molecule has 0 aliphatic heterocycles. The molecule has 18 heavy (non-hydrogen) atoms. The van der Waals surface area contributed by atoms with E-state index in [-0.39, 0.29) is 12.1 Å². The smallest absolute Gasteiger partial charge is 0.194 e. The zero-order chi connectivity index (χ0) is 13.7. The Morgan fingerprint density at radius 1 is 1.22 bits per heavy atom. The minimum absolute atomic E-state index is 0.0946. The number of aliphatic hydroxyl groups is 2. The molecule has 0 bridgehead atoms. The molecule has 1 rings (SSSR count). The summed E-state index contributed by atoms with van der Waals surface area (Å²) in [5.74, 6) is -4.15. The largest absolute Gasteiger partial charge is 0.394 e. The first kappa shape index (κ1) is 14.9. The molecule has 1 aromatic carbocycles. The van der Waals surface area contributed by atoms with Gasteiger partial charge in [-0.3, -0.25) is 0 Å². The normalized spacial score (nSPS) is 14.6. The van der Waals surface area contributed by atoms with Gasteiger partial charge in [0.2, 0.25) is 0 Å². The van der Waals surface area contributed by atoms with Crippen molar-refractivity contribution < 1.29 is 23.4 Å². The van der Waals surface area contributed by atoms with E-state index < -0.39 is 36.2 Å². The van der Waals surface area contributed by atoms with Crippen molar-refractivity contribution in [2.45, 2.75) is 25.5 Å². The van der Waals surface area contributed by atoms with Gasteiger partial charge in [0, 0.05) is 6.54 Å². The van der Waals surface area contributed by atoms with Gasteiger partial charge in [-0.25, -0.2) is 13.2 Å². The molecule has 0 saturated carbocycles. The standard InChI is InChI=1S/C12H16F3NO2/c1-2-8(18)5-16-11(6-17)7-3-9(13)12(15)10(14)4-7/h3-4,8,11,16-18H,2,5-6H2,1H3/t8-,11-/m1/s1. The summed E-state index contributed by atoms with van der Waals surface area (Å²) in [4.78, 5) is 0. The highest BCUT2D eigenvalue weighted by Gasteiger charge is 2.17. The molecule has 0 fully saturated rings. The summed E-state index contributed by atoms with van der Waals surface area (Å²) in [6.45, 7) is 1.53. The maximum absolute atomic E-state index is 13.0. The molecule has 0 unspecified atom stereocenters. The van der Waals surface area contributed by atoms with Crippen LogP contribution in [0.1, 0.15) is 24.9 Å². The second kappa shape index (κ2) is 6.72. The summed E-state index contributed by atoms with van der Waals surface area (Å²) in [5.41, 5.74) is 0.0946. The second-order valence-corrected chi connectivity index (χ2v) is 4.00. The van der Waals surface area contributed by atoms with Crippen molar-refractivity contribution in [2.24, 2.45) is 0 Å². The summed E-state index contributed by atoms with van der Waals surface area (Å²) in [6.07, 6.45) is -0.105. The molecule has 0 saturated heterocycles. The molecule has 6 heteroatoms. The Bertz CT molecular complexity index is 378. The Morgan fingerprint density at radius 3 is 2.22 bits per heavy atom. The van der Waals surface area contributed by atoms with Gasteiger partial charge < -0.3 is 15.5 Å². The van der Waals surface area contributed by atoms with Gasteiger partial charge in [0.15, 0.2) is 17.5 Å². The lowest BCUT2D eigenvalue weighted by molar-refractivity contribution is 0.153. The van der Waals surface area contributed by atoms with Crippen LogP contribution in [0.3, 0.4) is 0 Å². The summed E-state index contributed by atoms with van der Waals surface area (Å²) in [6, 6.07) is 0.894. The molecular weight excluding hydrogens is 247 g/mol. The number of hydrogen-bond donors (Lipinski definition) is 3. The molecule has 1 aromatic rings. The number of aliphatic hydroxyl groups excluding tert-OH is 2. The third-order valence-corrected chi connectivity index (χ3v) is 2.66. The first-order chi connectivity index (χ1) is 8.49. The van der Waals surface area contributed by atoms with E-state index in [1.807, 2.05) is 0 Å². The maximum atomic E-state index is 13.0. The number of benzene rings is 1. The van der Waals surface area contributed by atoms with Gasteiger partial charge in [0.1, 0.15) is 0 Å². The van der Waals surface area contributed by atoms with Gasteiger partial charge in [-0.15, -0.1) is 0 Å². The average molecular weight is 263 g/mol. The zero-order valence-corrected chi connectivity index (χ0v) is 9.96. The predicted molar refractivity (Wildman–Crippen MR) is 60.4 cm³/mol. The Hall–Kier alpha value is -1.11. The van der Waals surface area contributed by atoms with E-state index in [9.17, 15) is 18.3 Å². The van der Waals surface area contributed by atoms with Gasteiger partial charge in [-0.05, 0) is 24.1 Å². The third-order valence-electron chi connectivity index (χ3n) is 2.66. The summed E-state index contributed by atoms with van der Waals surface area (Å²) < 4.78 is 38.8. The fourth-order valence-corrected chi connectivity index (χ4v) is 1.49. The van der Waals surface area contributed by atoms with Crippen molar-refractivity contribution in [1.82, 2.24) is 5.32 Å². The second-order valence-electron chi connectivity index (χ2n) is 4.00. The van der Waals surface area contributed by atoms with Crippen molar-refractivity contribution in [3.63, 3.8) is 0 Å². The number of rotatable bonds is 6. The van der Waals surface area contributed by atoms with Crippen LogP contribution in [0, 0.1) is 17.5 Å². The molecule has 3 nitrogen and oxygen atoms in total. The van der Waals surface area contributed by atoms with Gasteiger partial charge in [0.25, 0.3) is 0 Å². The van der Waals surface area contributed by atoms with E-state index in [0.717, 1.165) is 12.1 Å². The van der Waals surface area contributed by atoms with E-state index in [0.29, 0.717) is 6.42 Å². The highest BCUT2D eigenvalue weighted by atomic mass is 19.2. The van der Waals surface area contributed by atoms with Crippen LogP contribution in [0.2, 0.25) is 0 Å². The average Bonchev–Trinajstić information content (AvgIpc) is 2.36. The van der Waals surface area contributed by atoms with Crippen molar-refractivity contribution >= 4 is 0 Å². The van der Waals surface area contributed by atoms with E-state index in [1.54, 1.807) is 6.92 Å². The van der Waals surface area contributed by atoms with Crippen LogP contribution in [0.4, 0.5) is 13.2 Å². The van der Waals surface area contributed by atoms with Crippen LogP contribution < -0.4 is 5.32 Å². The maximum Gasteiger partial charge on any atom is 0.194 e. The SMILES string of the molecule is CC[C@@H](O)CN[C@H](CO)c1cc(F)c(F)c(F)c1. The Balaban J connectivity index is 2.82. The van der Waals surface area contributed by atoms with Crippen molar-refractivity contribution in [3.05, 3.63) is 35.1 Å². The first-order valence-corrected chi connectivity index (χ1v) is 5.66. The monoisotopic (exact) mass is 263 g/mol. The molecule has 0 aromatic heterocycles. The highest BCUT2D eigenvalue weighted by Crippen LogP contribution is 2.19. The Labute approximate surface area is 103 Å². The van der Waals surface area contributed by atoms with Gasteiger partial charge in [-0.2, -0.15) is 0 Å². The molecular formula is C12H16F3NO2. The Kier molecular flexibility index (Phi) is 5.58. The first-order valence-electron chi connectivity index (χ1n) is 5.66. The van der Waals surface area contributed by atoms with Crippen LogP contribution in [0.5, 0.6) is 0 Å². The van der Waals surface area contributed by atoms with Crippen LogP contribution in [0.25, 0.3) is 0 Å². The van der Waals surface area contributed by atoms with Crippen molar-refractivity contribution in [1.29, 1.82) is 0 Å². The number of halogens is 3. The molecule has 3 N–H and O–H groups in total. The van der Waals surface area contributed by atoms with Gasteiger partial charge in [0.05, 0.1) is 18.8 Å². The zero-order valence-electron chi connectivity index (χ0n) is 9.96. The molecule has 0 radical (unpaired) electrons. The van der Waals surface area contributed by atoms with Gasteiger partial charge >= 0.3 is 0 Å². The summed E-state index contributed by atoms with van der Waals surface area (Å²) in [5, 5.41) is 21.2. The Morgan fingerprint density at radius 2 is 1.78 bits per heavy atom. The summed E-state index contributed by atoms with van der Waals surface area (Å²) in [7, 11) is 0. The minimum atomic E-state index is -1.54. The third kappa shape index (κ3) is 3.69. The van der Waals surface area contributed by atoms with Crippen molar-refractivity contribution in [3.8, 4) is 0 Å². The molecule has 0 aliphatic rings. The van der Waals surface area contributed by atoms with E-state index in [4.69, 9.17) is 5.11 Å². The van der Waals surface area contributed by atoms with Crippen LogP contribution >= 0.6 is 0 Å². The molecule has 0 amide bonds. The molecule has 0 spiro atoms. The van der Waals surface area contributed by atoms with E-state index >= 15 is 0 Å². The molecule has 2 atom stereocenters. The van der Waals surface area contributed by atoms with E-state index in [2.05, 4.69) is 5.32 Å². The fourth-order valence-electron chi connectivity index (χ4n) is 1.49. The predicted octanol–water partition coefficient (Wildman–Crippen LogP) is 1.50. The summed E-state index contributed by atoms with van der Waals surface area (Å²) >= 11 is 0. The van der Waals surface area contributed by atoms with Crippen LogP contribution in [-0.2, 0) is 0 Å². The lowest BCUT2D eigenvalue weighted by Crippen LogP contribution is -2.32. The molecule has 0 aliphatic carbocycles.